The molecule has 0 unspecified atom stereocenters. The van der Waals surface area contributed by atoms with Crippen LogP contribution in [0.25, 0.3) is 6.08 Å². The summed E-state index contributed by atoms with van der Waals surface area (Å²) in [6, 6.07) is 5.33. The van der Waals surface area contributed by atoms with Crippen LogP contribution >= 0.6 is 27.5 Å². The van der Waals surface area contributed by atoms with Gasteiger partial charge in [0.1, 0.15) is 0 Å². The van der Waals surface area contributed by atoms with E-state index in [1.807, 2.05) is 0 Å². The number of carboxylic acids is 1. The summed E-state index contributed by atoms with van der Waals surface area (Å²) in [5, 5.41) is 8.58. The first-order valence-electron chi connectivity index (χ1n) is 4.80. The van der Waals surface area contributed by atoms with Crippen LogP contribution in [0, 0.1) is 0 Å². The molecule has 0 aliphatic rings. The van der Waals surface area contributed by atoms with Gasteiger partial charge >= 0.3 is 5.97 Å². The average molecular weight is 318 g/mol. The second kappa shape index (κ2) is 6.57. The largest absolute Gasteiger partial charge is 0.478 e. The van der Waals surface area contributed by atoms with Crippen LogP contribution in [0.3, 0.4) is 0 Å². The Hall–Kier alpha value is -1.13. The third kappa shape index (κ3) is 4.71. The first-order chi connectivity index (χ1) is 8.02. The van der Waals surface area contributed by atoms with Crippen LogP contribution in [0.5, 0.6) is 0 Å². The van der Waals surface area contributed by atoms with Gasteiger partial charge in [0.2, 0.25) is 0 Å². The Labute approximate surface area is 112 Å². The quantitative estimate of drug-likeness (QED) is 0.671. The minimum Gasteiger partial charge on any atom is -0.478 e. The molecule has 0 radical (unpaired) electrons. The fourth-order valence-electron chi connectivity index (χ4n) is 1.30. The highest BCUT2D eigenvalue weighted by atomic mass is 79.9. The van der Waals surface area contributed by atoms with Gasteiger partial charge in [0.05, 0.1) is 5.88 Å². The molecule has 17 heavy (non-hydrogen) atoms. The van der Waals surface area contributed by atoms with Crippen molar-refractivity contribution < 1.29 is 14.7 Å². The van der Waals surface area contributed by atoms with Crippen LogP contribution < -0.4 is 0 Å². The number of halogens is 2. The third-order valence-corrected chi connectivity index (χ3v) is 2.84. The maximum Gasteiger partial charge on any atom is 0.328 e. The number of hydrogen-bond donors (Lipinski definition) is 1. The van der Waals surface area contributed by atoms with Crippen molar-refractivity contribution in [3.8, 4) is 0 Å². The van der Waals surface area contributed by atoms with Crippen molar-refractivity contribution in [2.75, 3.05) is 5.88 Å². The van der Waals surface area contributed by atoms with Gasteiger partial charge in [-0.2, -0.15) is 0 Å². The Morgan fingerprint density at radius 2 is 2.12 bits per heavy atom. The molecule has 0 fully saturated rings. The Bertz CT molecular complexity index is 469. The number of carbonyl (C=O) groups is 2. The zero-order valence-electron chi connectivity index (χ0n) is 8.82. The Morgan fingerprint density at radius 1 is 1.41 bits per heavy atom. The lowest BCUT2D eigenvalue weighted by atomic mass is 10.0. The van der Waals surface area contributed by atoms with Gasteiger partial charge in [-0.05, 0) is 29.3 Å². The van der Waals surface area contributed by atoms with E-state index in [-0.39, 0.29) is 18.1 Å². The van der Waals surface area contributed by atoms with Crippen molar-refractivity contribution >= 4 is 45.4 Å². The highest BCUT2D eigenvalue weighted by Crippen LogP contribution is 2.19. The summed E-state index contributed by atoms with van der Waals surface area (Å²) in [5.41, 5.74) is 1.46. The highest BCUT2D eigenvalue weighted by Gasteiger charge is 2.06. The molecular weight excluding hydrogens is 307 g/mol. The molecule has 0 aliphatic carbocycles. The van der Waals surface area contributed by atoms with Crippen molar-refractivity contribution in [2.24, 2.45) is 0 Å². The molecule has 0 saturated carbocycles. The smallest absolute Gasteiger partial charge is 0.328 e. The van der Waals surface area contributed by atoms with E-state index in [2.05, 4.69) is 15.9 Å². The summed E-state index contributed by atoms with van der Waals surface area (Å²) in [4.78, 5) is 21.7. The van der Waals surface area contributed by atoms with Crippen molar-refractivity contribution in [1.82, 2.24) is 0 Å². The molecule has 90 valence electrons. The molecule has 0 amide bonds. The van der Waals surface area contributed by atoms with Gasteiger partial charge < -0.3 is 5.11 Å². The van der Waals surface area contributed by atoms with E-state index in [1.165, 1.54) is 6.08 Å². The number of ketones is 1. The summed E-state index contributed by atoms with van der Waals surface area (Å²) in [7, 11) is 0. The number of aliphatic carboxylic acids is 1. The molecule has 0 bridgehead atoms. The predicted octanol–water partition coefficient (Wildman–Crippen LogP) is 2.90. The molecule has 0 spiro atoms. The minimum atomic E-state index is -1.03. The van der Waals surface area contributed by atoms with Crippen molar-refractivity contribution in [1.29, 1.82) is 0 Å². The fourth-order valence-corrected chi connectivity index (χ4v) is 1.78. The maximum atomic E-state index is 11.3. The zero-order chi connectivity index (χ0) is 12.8. The molecular formula is C12H10BrClO3. The Morgan fingerprint density at radius 3 is 2.71 bits per heavy atom. The van der Waals surface area contributed by atoms with E-state index in [9.17, 15) is 9.59 Å². The number of Topliss-reactive ketones (excluding diaryl/α,β-unsaturated/α-hetero) is 1. The first-order valence-corrected chi connectivity index (χ1v) is 6.12. The zero-order valence-corrected chi connectivity index (χ0v) is 11.2. The van der Waals surface area contributed by atoms with E-state index in [0.29, 0.717) is 5.56 Å². The molecule has 3 nitrogen and oxygen atoms in total. The standard InChI is InChI=1S/C12H10BrClO3/c13-10-3-1-9(6-11(15)7-14)8(5-10)2-4-12(16)17/h1-5H,6-7H2,(H,16,17)/b4-2+. The second-order valence-corrected chi connectivity index (χ2v) is 4.55. The Kier molecular flexibility index (Phi) is 5.38. The molecule has 1 N–H and O–H groups in total. The van der Waals surface area contributed by atoms with E-state index in [1.54, 1.807) is 18.2 Å². The van der Waals surface area contributed by atoms with Crippen LogP contribution in [0.2, 0.25) is 0 Å². The summed E-state index contributed by atoms with van der Waals surface area (Å²) in [5.74, 6) is -1.17. The van der Waals surface area contributed by atoms with Gasteiger partial charge in [0.15, 0.2) is 5.78 Å². The van der Waals surface area contributed by atoms with Crippen LogP contribution in [-0.4, -0.2) is 22.7 Å². The maximum absolute atomic E-state index is 11.3. The monoisotopic (exact) mass is 316 g/mol. The van der Waals surface area contributed by atoms with Gasteiger partial charge in [0, 0.05) is 17.0 Å². The number of benzene rings is 1. The summed E-state index contributed by atoms with van der Waals surface area (Å²) < 4.78 is 0.824. The molecule has 0 aromatic heterocycles. The molecule has 1 aromatic rings. The van der Waals surface area contributed by atoms with Crippen LogP contribution in [0.4, 0.5) is 0 Å². The van der Waals surface area contributed by atoms with E-state index >= 15 is 0 Å². The molecule has 1 aromatic carbocycles. The van der Waals surface area contributed by atoms with Crippen molar-refractivity contribution in [2.45, 2.75) is 6.42 Å². The summed E-state index contributed by atoms with van der Waals surface area (Å²) in [6.07, 6.45) is 2.70. The number of carbonyl (C=O) groups excluding carboxylic acids is 1. The van der Waals surface area contributed by atoms with Crippen LogP contribution in [0.1, 0.15) is 11.1 Å². The molecule has 0 atom stereocenters. The number of rotatable bonds is 5. The van der Waals surface area contributed by atoms with Crippen LogP contribution in [-0.2, 0) is 16.0 Å². The average Bonchev–Trinajstić information content (AvgIpc) is 2.29. The normalized spacial score (nSPS) is 10.7. The van der Waals surface area contributed by atoms with Crippen molar-refractivity contribution in [3.05, 3.63) is 39.9 Å². The lowest BCUT2D eigenvalue weighted by Gasteiger charge is -2.05. The SMILES string of the molecule is O=C(O)/C=C/c1cc(Br)ccc1CC(=O)CCl. The molecule has 1 rings (SSSR count). The fraction of sp³-hybridized carbons (Fsp3) is 0.167. The second-order valence-electron chi connectivity index (χ2n) is 3.36. The summed E-state index contributed by atoms with van der Waals surface area (Å²) in [6.45, 7) is 0. The number of hydrogen-bond acceptors (Lipinski definition) is 2. The summed E-state index contributed by atoms with van der Waals surface area (Å²) >= 11 is 8.74. The van der Waals surface area contributed by atoms with E-state index in [4.69, 9.17) is 16.7 Å². The lowest BCUT2D eigenvalue weighted by Crippen LogP contribution is -2.05. The van der Waals surface area contributed by atoms with Crippen LogP contribution in [0.15, 0.2) is 28.7 Å². The topological polar surface area (TPSA) is 54.4 Å². The molecule has 0 aliphatic heterocycles. The van der Waals surface area contributed by atoms with E-state index in [0.717, 1.165) is 16.1 Å². The van der Waals surface area contributed by atoms with Gasteiger partial charge in [-0.3, -0.25) is 4.79 Å². The highest BCUT2D eigenvalue weighted by molar-refractivity contribution is 9.10. The number of alkyl halides is 1. The van der Waals surface area contributed by atoms with Gasteiger partial charge in [-0.15, -0.1) is 11.6 Å². The molecule has 0 saturated heterocycles. The minimum absolute atomic E-state index is 0.0435. The van der Waals surface area contributed by atoms with E-state index < -0.39 is 5.97 Å². The van der Waals surface area contributed by atoms with Gasteiger partial charge in [-0.1, -0.05) is 22.0 Å². The van der Waals surface area contributed by atoms with Crippen molar-refractivity contribution in [3.63, 3.8) is 0 Å². The van der Waals surface area contributed by atoms with Gasteiger partial charge in [-0.25, -0.2) is 4.79 Å². The lowest BCUT2D eigenvalue weighted by molar-refractivity contribution is -0.131. The predicted molar refractivity (Wildman–Crippen MR) is 70.2 cm³/mol. The molecule has 0 heterocycles. The Balaban J connectivity index is 3.03. The number of carboxylic acid groups (broad SMARTS) is 1. The first kappa shape index (κ1) is 13.9. The van der Waals surface area contributed by atoms with Gasteiger partial charge in [0.25, 0.3) is 0 Å². The molecule has 5 heteroatoms. The third-order valence-electron chi connectivity index (χ3n) is 2.05.